The number of carbonyl (C=O) groups is 2. The topological polar surface area (TPSA) is 77.0 Å². The Balaban J connectivity index is 2.07. The summed E-state index contributed by atoms with van der Waals surface area (Å²) in [6.07, 6.45) is -6.03. The van der Waals surface area contributed by atoms with Crippen molar-refractivity contribution in [1.29, 1.82) is 0 Å². The minimum absolute atomic E-state index is 0.189. The number of halogens is 3. The van der Waals surface area contributed by atoms with E-state index < -0.39 is 30.0 Å². The van der Waals surface area contributed by atoms with Crippen LogP contribution in [-0.2, 0) is 11.2 Å². The second-order valence-corrected chi connectivity index (χ2v) is 6.48. The summed E-state index contributed by atoms with van der Waals surface area (Å²) in [6.45, 7) is 0. The summed E-state index contributed by atoms with van der Waals surface area (Å²) < 4.78 is 49.5. The highest BCUT2D eigenvalue weighted by atomic mass is 32.1. The van der Waals surface area contributed by atoms with Crippen LogP contribution >= 0.6 is 11.3 Å². The first-order valence-corrected chi connectivity index (χ1v) is 8.82. The summed E-state index contributed by atoms with van der Waals surface area (Å²) in [5.74, 6) is -0.650. The van der Waals surface area contributed by atoms with Gasteiger partial charge in [0.05, 0.1) is 31.9 Å². The number of amides is 1. The van der Waals surface area contributed by atoms with E-state index in [9.17, 15) is 22.8 Å². The van der Waals surface area contributed by atoms with Gasteiger partial charge in [0.25, 0.3) is 0 Å². The molecule has 0 unspecified atom stereocenters. The summed E-state index contributed by atoms with van der Waals surface area (Å²) in [4.78, 5) is 24.1. The van der Waals surface area contributed by atoms with E-state index in [1.54, 1.807) is 23.6 Å². The highest BCUT2D eigenvalue weighted by molar-refractivity contribution is 7.12. The number of ether oxygens (including phenoxy) is 2. The second kappa shape index (κ2) is 9.36. The smallest absolute Gasteiger partial charge is 0.431 e. The third-order valence-corrected chi connectivity index (χ3v) is 4.49. The van der Waals surface area contributed by atoms with Gasteiger partial charge >= 0.3 is 6.18 Å². The van der Waals surface area contributed by atoms with Crippen LogP contribution in [0.5, 0.6) is 11.5 Å². The van der Waals surface area contributed by atoms with Crippen LogP contribution in [0.2, 0.25) is 0 Å². The molecule has 0 fully saturated rings. The number of rotatable bonds is 8. The van der Waals surface area contributed by atoms with Gasteiger partial charge in [0.2, 0.25) is 5.91 Å². The maximum atomic E-state index is 13.1. The van der Waals surface area contributed by atoms with Crippen molar-refractivity contribution in [2.45, 2.75) is 19.0 Å². The van der Waals surface area contributed by atoms with Gasteiger partial charge in [-0.3, -0.25) is 9.59 Å². The monoisotopic (exact) mass is 414 g/mol. The molecule has 1 heterocycles. The Hall–Kier alpha value is -2.88. The van der Waals surface area contributed by atoms with Crippen LogP contribution in [0, 0.1) is 0 Å². The first-order chi connectivity index (χ1) is 13.2. The molecule has 0 radical (unpaired) electrons. The largest absolute Gasteiger partial charge is 0.493 e. The van der Waals surface area contributed by atoms with Crippen molar-refractivity contribution >= 4 is 28.7 Å². The molecule has 1 amide bonds. The standard InChI is InChI=1S/C18H17F3N2O4S/c1-26-13-6-5-11(8-14(13)27-2)9-17(25)23-22-16(18(19,20)21)10-12(24)15-4-3-7-28-15/h3-8H,9-10H2,1-2H3,(H,23,25). The Bertz CT molecular complexity index is 864. The fourth-order valence-electron chi connectivity index (χ4n) is 2.22. The molecule has 0 saturated heterocycles. The van der Waals surface area contributed by atoms with Crippen molar-refractivity contribution in [3.8, 4) is 11.5 Å². The van der Waals surface area contributed by atoms with Crippen LogP contribution in [0.25, 0.3) is 0 Å². The molecule has 6 nitrogen and oxygen atoms in total. The molecule has 10 heteroatoms. The number of thiophene rings is 1. The zero-order valence-electron chi connectivity index (χ0n) is 15.0. The summed E-state index contributed by atoms with van der Waals surface area (Å²) in [7, 11) is 2.88. The van der Waals surface area contributed by atoms with Crippen molar-refractivity contribution in [2.24, 2.45) is 5.10 Å². The third-order valence-electron chi connectivity index (χ3n) is 3.58. The predicted octanol–water partition coefficient (Wildman–Crippen LogP) is 3.62. The van der Waals surface area contributed by atoms with Crippen LogP contribution in [0.1, 0.15) is 21.7 Å². The molecule has 1 N–H and O–H groups in total. The van der Waals surface area contributed by atoms with E-state index in [4.69, 9.17) is 9.47 Å². The van der Waals surface area contributed by atoms with Gasteiger partial charge in [-0.25, -0.2) is 5.43 Å². The van der Waals surface area contributed by atoms with Crippen LogP contribution in [0.4, 0.5) is 13.2 Å². The lowest BCUT2D eigenvalue weighted by Crippen LogP contribution is -2.30. The molecule has 1 aromatic heterocycles. The minimum atomic E-state index is -4.84. The van der Waals surface area contributed by atoms with E-state index in [0.717, 1.165) is 11.3 Å². The van der Waals surface area contributed by atoms with Crippen LogP contribution in [0.3, 0.4) is 0 Å². The number of nitrogens with zero attached hydrogens (tertiary/aromatic N) is 1. The van der Waals surface area contributed by atoms with E-state index in [1.807, 2.05) is 5.43 Å². The molecule has 0 saturated carbocycles. The molecule has 28 heavy (non-hydrogen) atoms. The first kappa shape index (κ1) is 21.4. The highest BCUT2D eigenvalue weighted by Crippen LogP contribution is 2.27. The average molecular weight is 414 g/mol. The molecule has 150 valence electrons. The maximum absolute atomic E-state index is 13.1. The molecule has 0 aliphatic heterocycles. The molecule has 0 aliphatic rings. The molecule has 2 aromatic rings. The van der Waals surface area contributed by atoms with Crippen LogP contribution in [0.15, 0.2) is 40.8 Å². The van der Waals surface area contributed by atoms with E-state index in [2.05, 4.69) is 5.10 Å². The van der Waals surface area contributed by atoms with Crippen molar-refractivity contribution in [2.75, 3.05) is 14.2 Å². The summed E-state index contributed by atoms with van der Waals surface area (Å²) in [5, 5.41) is 4.72. The molecule has 0 bridgehead atoms. The van der Waals surface area contributed by atoms with Crippen LogP contribution in [-0.4, -0.2) is 37.8 Å². The SMILES string of the molecule is COc1ccc(CC(=O)NN=C(CC(=O)c2cccs2)C(F)(F)F)cc1OC. The number of nitrogens with one attached hydrogen (secondary N) is 1. The van der Waals surface area contributed by atoms with E-state index in [0.29, 0.717) is 17.1 Å². The Morgan fingerprint density at radius 3 is 2.43 bits per heavy atom. The fraction of sp³-hybridized carbons (Fsp3) is 0.278. The molecular formula is C18H17F3N2O4S. The predicted molar refractivity (Wildman–Crippen MR) is 98.1 cm³/mol. The first-order valence-electron chi connectivity index (χ1n) is 7.94. The number of ketones is 1. The lowest BCUT2D eigenvalue weighted by Gasteiger charge is -2.11. The van der Waals surface area contributed by atoms with Crippen LogP contribution < -0.4 is 14.9 Å². The van der Waals surface area contributed by atoms with Gasteiger partial charge in [-0.05, 0) is 29.1 Å². The molecule has 0 aliphatic carbocycles. The van der Waals surface area contributed by atoms with Gasteiger partial charge in [-0.2, -0.15) is 18.3 Å². The number of hydrogen-bond acceptors (Lipinski definition) is 6. The van der Waals surface area contributed by atoms with E-state index in [-0.39, 0.29) is 11.3 Å². The highest BCUT2D eigenvalue weighted by Gasteiger charge is 2.37. The number of benzene rings is 1. The van der Waals surface area contributed by atoms with Gasteiger partial charge in [0, 0.05) is 0 Å². The summed E-state index contributed by atoms with van der Waals surface area (Å²) >= 11 is 1.03. The summed E-state index contributed by atoms with van der Waals surface area (Å²) in [5.41, 5.74) is 0.988. The lowest BCUT2D eigenvalue weighted by atomic mass is 10.1. The average Bonchev–Trinajstić information content (AvgIpc) is 3.18. The number of alkyl halides is 3. The molecule has 0 spiro atoms. The number of hydrazone groups is 1. The number of methoxy groups -OCH3 is 2. The van der Waals surface area contributed by atoms with Gasteiger partial charge in [-0.1, -0.05) is 12.1 Å². The Labute approximate surface area is 163 Å². The van der Waals surface area contributed by atoms with Crippen molar-refractivity contribution in [3.05, 3.63) is 46.2 Å². The number of carbonyl (C=O) groups excluding carboxylic acids is 2. The van der Waals surface area contributed by atoms with Gasteiger partial charge < -0.3 is 9.47 Å². The third kappa shape index (κ3) is 5.81. The zero-order valence-corrected chi connectivity index (χ0v) is 15.8. The Morgan fingerprint density at radius 2 is 1.86 bits per heavy atom. The molecule has 1 aromatic carbocycles. The normalized spacial score (nSPS) is 11.8. The van der Waals surface area contributed by atoms with Gasteiger partial charge in [0.1, 0.15) is 5.71 Å². The molecular weight excluding hydrogens is 397 g/mol. The minimum Gasteiger partial charge on any atom is -0.493 e. The maximum Gasteiger partial charge on any atom is 0.431 e. The second-order valence-electron chi connectivity index (χ2n) is 5.53. The summed E-state index contributed by atoms with van der Waals surface area (Å²) in [6, 6.07) is 7.68. The van der Waals surface area contributed by atoms with Crippen molar-refractivity contribution in [1.82, 2.24) is 5.43 Å². The van der Waals surface area contributed by atoms with Crippen molar-refractivity contribution < 1.29 is 32.2 Å². The number of hydrogen-bond donors (Lipinski definition) is 1. The Morgan fingerprint density at radius 1 is 1.14 bits per heavy atom. The molecule has 0 atom stereocenters. The quantitative estimate of drug-likeness (QED) is 0.407. The van der Waals surface area contributed by atoms with E-state index >= 15 is 0 Å². The van der Waals surface area contributed by atoms with E-state index in [1.165, 1.54) is 26.4 Å². The zero-order chi connectivity index (χ0) is 20.7. The lowest BCUT2D eigenvalue weighted by molar-refractivity contribution is -0.120. The molecule has 2 rings (SSSR count). The van der Waals surface area contributed by atoms with Gasteiger partial charge in [0.15, 0.2) is 17.3 Å². The van der Waals surface area contributed by atoms with Crippen molar-refractivity contribution in [3.63, 3.8) is 0 Å². The van der Waals surface area contributed by atoms with Gasteiger partial charge in [-0.15, -0.1) is 11.3 Å². The Kier molecular flexibility index (Phi) is 7.16. The fourth-order valence-corrected chi connectivity index (χ4v) is 2.89. The number of Topliss-reactive ketones (excluding diaryl/α,β-unsaturated/α-hetero) is 1.